The van der Waals surface area contributed by atoms with Crippen molar-refractivity contribution < 1.29 is 17.6 Å². The van der Waals surface area contributed by atoms with Gasteiger partial charge in [-0.3, -0.25) is 4.79 Å². The van der Waals surface area contributed by atoms with Gasteiger partial charge in [-0.1, -0.05) is 25.1 Å². The number of carbonyl (C=O) groups is 1. The summed E-state index contributed by atoms with van der Waals surface area (Å²) in [4.78, 5) is 12.2. The summed E-state index contributed by atoms with van der Waals surface area (Å²) < 4.78 is 39.4. The van der Waals surface area contributed by atoms with Gasteiger partial charge in [0.2, 0.25) is 10.0 Å². The van der Waals surface area contributed by atoms with E-state index in [1.54, 1.807) is 25.1 Å². The molecular formula is C17H19FN2O3S. The summed E-state index contributed by atoms with van der Waals surface area (Å²) in [5.74, 6) is -0.694. The molecule has 0 saturated carbocycles. The molecule has 2 aromatic carbocycles. The first-order valence-electron chi connectivity index (χ1n) is 7.55. The van der Waals surface area contributed by atoms with Crippen LogP contribution in [0.5, 0.6) is 0 Å². The number of amides is 1. The topological polar surface area (TPSA) is 75.3 Å². The Bertz CT molecular complexity index is 822. The zero-order chi connectivity index (χ0) is 17.6. The van der Waals surface area contributed by atoms with Crippen LogP contribution in [0.15, 0.2) is 53.4 Å². The molecule has 24 heavy (non-hydrogen) atoms. The van der Waals surface area contributed by atoms with E-state index in [0.29, 0.717) is 13.0 Å². The van der Waals surface area contributed by atoms with Crippen molar-refractivity contribution in [3.05, 3.63) is 65.5 Å². The number of benzene rings is 2. The summed E-state index contributed by atoms with van der Waals surface area (Å²) in [6, 6.07) is 12.0. The van der Waals surface area contributed by atoms with Gasteiger partial charge in [0.15, 0.2) is 0 Å². The van der Waals surface area contributed by atoms with E-state index in [-0.39, 0.29) is 28.7 Å². The van der Waals surface area contributed by atoms with E-state index >= 15 is 0 Å². The molecule has 0 radical (unpaired) electrons. The van der Waals surface area contributed by atoms with Crippen LogP contribution in [0.3, 0.4) is 0 Å². The van der Waals surface area contributed by atoms with Crippen LogP contribution in [0, 0.1) is 5.82 Å². The second-order valence-electron chi connectivity index (χ2n) is 5.16. The number of halogens is 1. The molecule has 2 aromatic rings. The molecule has 0 unspecified atom stereocenters. The van der Waals surface area contributed by atoms with Crippen LogP contribution in [-0.2, 0) is 16.4 Å². The van der Waals surface area contributed by atoms with E-state index in [1.165, 1.54) is 30.3 Å². The first kappa shape index (κ1) is 18.1. The summed E-state index contributed by atoms with van der Waals surface area (Å²) in [5, 5.41) is 2.70. The van der Waals surface area contributed by atoms with Gasteiger partial charge < -0.3 is 5.32 Å². The maximum absolute atomic E-state index is 13.1. The highest BCUT2D eigenvalue weighted by atomic mass is 32.2. The molecule has 0 saturated heterocycles. The Morgan fingerprint density at radius 2 is 1.88 bits per heavy atom. The molecule has 2 N–H and O–H groups in total. The molecule has 2 rings (SSSR count). The van der Waals surface area contributed by atoms with Crippen LogP contribution in [0.2, 0.25) is 0 Å². The van der Waals surface area contributed by atoms with Crippen LogP contribution in [0.4, 0.5) is 4.39 Å². The van der Waals surface area contributed by atoms with Crippen molar-refractivity contribution in [1.29, 1.82) is 0 Å². The van der Waals surface area contributed by atoms with Crippen molar-refractivity contribution in [3.8, 4) is 0 Å². The summed E-state index contributed by atoms with van der Waals surface area (Å²) >= 11 is 0. The van der Waals surface area contributed by atoms with Crippen molar-refractivity contribution in [2.45, 2.75) is 18.2 Å². The molecule has 0 atom stereocenters. The zero-order valence-electron chi connectivity index (χ0n) is 13.3. The van der Waals surface area contributed by atoms with Crippen LogP contribution < -0.4 is 10.0 Å². The first-order valence-corrected chi connectivity index (χ1v) is 9.03. The van der Waals surface area contributed by atoms with Gasteiger partial charge in [-0.25, -0.2) is 17.5 Å². The first-order chi connectivity index (χ1) is 11.4. The zero-order valence-corrected chi connectivity index (χ0v) is 14.1. The van der Waals surface area contributed by atoms with Crippen molar-refractivity contribution in [3.63, 3.8) is 0 Å². The number of rotatable bonds is 7. The monoisotopic (exact) mass is 350 g/mol. The summed E-state index contributed by atoms with van der Waals surface area (Å²) in [6.07, 6.45) is 0.485. The van der Waals surface area contributed by atoms with Crippen molar-refractivity contribution in [2.24, 2.45) is 0 Å². The average Bonchev–Trinajstić information content (AvgIpc) is 2.55. The highest BCUT2D eigenvalue weighted by Crippen LogP contribution is 2.11. The van der Waals surface area contributed by atoms with Gasteiger partial charge in [-0.15, -0.1) is 0 Å². The number of nitrogens with one attached hydrogen (secondary N) is 2. The Balaban J connectivity index is 2.00. The van der Waals surface area contributed by atoms with Gasteiger partial charge in [0.1, 0.15) is 5.82 Å². The lowest BCUT2D eigenvalue weighted by molar-refractivity contribution is 0.0954. The summed E-state index contributed by atoms with van der Waals surface area (Å²) in [5.41, 5.74) is 1.03. The molecule has 7 heteroatoms. The number of hydrogen-bond acceptors (Lipinski definition) is 3. The SMILES string of the molecule is CCNS(=O)(=O)c1cccc(C(=O)NCCc2cccc(F)c2)c1. The lowest BCUT2D eigenvalue weighted by Gasteiger charge is -2.08. The van der Waals surface area contributed by atoms with E-state index in [9.17, 15) is 17.6 Å². The molecule has 0 aromatic heterocycles. The fraction of sp³-hybridized carbons (Fsp3) is 0.235. The summed E-state index contributed by atoms with van der Waals surface area (Å²) in [7, 11) is -3.61. The normalized spacial score (nSPS) is 11.2. The Kier molecular flexibility index (Phi) is 6.05. The van der Waals surface area contributed by atoms with Gasteiger partial charge in [0, 0.05) is 18.7 Å². The molecular weight excluding hydrogens is 331 g/mol. The number of carbonyl (C=O) groups excluding carboxylic acids is 1. The van der Waals surface area contributed by atoms with Crippen LogP contribution in [-0.4, -0.2) is 27.4 Å². The van der Waals surface area contributed by atoms with Crippen molar-refractivity contribution in [2.75, 3.05) is 13.1 Å². The van der Waals surface area contributed by atoms with Crippen LogP contribution in [0.25, 0.3) is 0 Å². The highest BCUT2D eigenvalue weighted by Gasteiger charge is 2.15. The maximum atomic E-state index is 13.1. The van der Waals surface area contributed by atoms with Gasteiger partial charge >= 0.3 is 0 Å². The van der Waals surface area contributed by atoms with Gasteiger partial charge in [-0.2, -0.15) is 0 Å². The quantitative estimate of drug-likeness (QED) is 0.803. The van der Waals surface area contributed by atoms with Gasteiger partial charge in [0.05, 0.1) is 4.90 Å². The minimum atomic E-state index is -3.61. The molecule has 0 spiro atoms. The van der Waals surface area contributed by atoms with E-state index in [4.69, 9.17) is 0 Å². The Morgan fingerprint density at radius 1 is 1.12 bits per heavy atom. The van der Waals surface area contributed by atoms with E-state index < -0.39 is 10.0 Å². The highest BCUT2D eigenvalue weighted by molar-refractivity contribution is 7.89. The third-order valence-electron chi connectivity index (χ3n) is 3.33. The maximum Gasteiger partial charge on any atom is 0.251 e. The molecule has 0 aliphatic heterocycles. The predicted octanol–water partition coefficient (Wildman–Crippen LogP) is 2.10. The van der Waals surface area contributed by atoms with E-state index in [1.807, 2.05) is 0 Å². The van der Waals surface area contributed by atoms with Gasteiger partial charge in [-0.05, 0) is 42.3 Å². The van der Waals surface area contributed by atoms with Crippen molar-refractivity contribution >= 4 is 15.9 Å². The fourth-order valence-electron chi connectivity index (χ4n) is 2.19. The fourth-order valence-corrected chi connectivity index (χ4v) is 3.28. The molecule has 0 fully saturated rings. The van der Waals surface area contributed by atoms with E-state index in [2.05, 4.69) is 10.0 Å². The smallest absolute Gasteiger partial charge is 0.251 e. The second kappa shape index (κ2) is 8.03. The van der Waals surface area contributed by atoms with E-state index in [0.717, 1.165) is 5.56 Å². The lowest BCUT2D eigenvalue weighted by atomic mass is 10.1. The molecule has 128 valence electrons. The van der Waals surface area contributed by atoms with Crippen molar-refractivity contribution in [1.82, 2.24) is 10.0 Å². The molecule has 0 aliphatic rings. The largest absolute Gasteiger partial charge is 0.352 e. The lowest BCUT2D eigenvalue weighted by Crippen LogP contribution is -2.27. The molecule has 1 amide bonds. The van der Waals surface area contributed by atoms with Crippen LogP contribution >= 0.6 is 0 Å². The standard InChI is InChI=1S/C17H19FN2O3S/c1-2-20-24(22,23)16-8-4-6-14(12-16)17(21)19-10-9-13-5-3-7-15(18)11-13/h3-8,11-12,20H,2,9-10H2,1H3,(H,19,21). The average molecular weight is 350 g/mol. The second-order valence-corrected chi connectivity index (χ2v) is 6.93. The Morgan fingerprint density at radius 3 is 2.58 bits per heavy atom. The number of hydrogen-bond donors (Lipinski definition) is 2. The molecule has 0 aliphatic carbocycles. The molecule has 5 nitrogen and oxygen atoms in total. The minimum Gasteiger partial charge on any atom is -0.352 e. The Labute approximate surface area is 141 Å². The minimum absolute atomic E-state index is 0.0436. The molecule has 0 bridgehead atoms. The Hall–Kier alpha value is -2.25. The summed E-state index contributed by atoms with van der Waals surface area (Å²) in [6.45, 7) is 2.28. The predicted molar refractivity (Wildman–Crippen MR) is 89.7 cm³/mol. The third kappa shape index (κ3) is 4.87. The number of sulfonamides is 1. The van der Waals surface area contributed by atoms with Crippen LogP contribution in [0.1, 0.15) is 22.8 Å². The molecule has 0 heterocycles. The third-order valence-corrected chi connectivity index (χ3v) is 4.87. The van der Waals surface area contributed by atoms with Gasteiger partial charge in [0.25, 0.3) is 5.91 Å².